The maximum atomic E-state index is 12.4. The second kappa shape index (κ2) is 12.7. The van der Waals surface area contributed by atoms with E-state index in [0.717, 1.165) is 17.3 Å². The summed E-state index contributed by atoms with van der Waals surface area (Å²) in [5, 5.41) is 11.9. The quantitative estimate of drug-likeness (QED) is 0.316. The lowest BCUT2D eigenvalue weighted by Gasteiger charge is -2.14. The number of halogens is 3. The van der Waals surface area contributed by atoms with Gasteiger partial charge >= 0.3 is 5.97 Å². The summed E-state index contributed by atoms with van der Waals surface area (Å²) in [5.41, 5.74) is 1.24. The monoisotopic (exact) mass is 613 g/mol. The van der Waals surface area contributed by atoms with Gasteiger partial charge in [0.15, 0.2) is 11.5 Å². The molecule has 0 saturated heterocycles. The number of hydrogen-bond donors (Lipinski definition) is 1. The Hall–Kier alpha value is -2.46. The number of ether oxygens (including phenoxy) is 3. The van der Waals surface area contributed by atoms with Gasteiger partial charge in [-0.15, -0.1) is 0 Å². The maximum absolute atomic E-state index is 12.4. The summed E-state index contributed by atoms with van der Waals surface area (Å²) in [7, 11) is 1.50. The van der Waals surface area contributed by atoms with Crippen molar-refractivity contribution in [2.75, 3.05) is 13.7 Å². The molecule has 0 bridgehead atoms. The fourth-order valence-corrected chi connectivity index (χ4v) is 4.98. The molecule has 1 amide bonds. The number of thioether (sulfide) groups is 1. The highest BCUT2D eigenvalue weighted by atomic mass is 79.9. The molecular weight excluding hydrogens is 593 g/mol. The molecule has 0 fully saturated rings. The highest BCUT2D eigenvalue weighted by molar-refractivity contribution is 9.10. The highest BCUT2D eigenvalue weighted by Crippen LogP contribution is 2.42. The number of carbonyl (C=O) groups is 2. The van der Waals surface area contributed by atoms with Gasteiger partial charge in [-0.25, -0.2) is 9.79 Å². The summed E-state index contributed by atoms with van der Waals surface area (Å²) in [5.74, 6) is -0.598. The fourth-order valence-electron chi connectivity index (χ4n) is 3.05. The van der Waals surface area contributed by atoms with Gasteiger partial charge in [-0.05, 0) is 42.8 Å². The standard InChI is InChI=1S/C25H22BrCl2NO6S/c1-4-21(30)29-24-22(25(32)34-5-2)23(31)20(36-24)9-14-8-18(33-3)19(11-16(14)26)35-12-13-6-7-15(27)10-17(13)28/h6-11,31H,4-5,12H2,1-3H3/b20-9-,29-24?. The Morgan fingerprint density at radius 1 is 1.17 bits per heavy atom. The van der Waals surface area contributed by atoms with Crippen molar-refractivity contribution in [1.82, 2.24) is 0 Å². The predicted octanol–water partition coefficient (Wildman–Crippen LogP) is 7.14. The number of carbonyl (C=O) groups excluding carboxylic acids is 2. The average Bonchev–Trinajstić information content (AvgIpc) is 3.14. The van der Waals surface area contributed by atoms with Crippen LogP contribution < -0.4 is 9.47 Å². The smallest absolute Gasteiger partial charge is 0.344 e. The topological polar surface area (TPSA) is 94.4 Å². The van der Waals surface area contributed by atoms with Crippen molar-refractivity contribution in [2.45, 2.75) is 26.9 Å². The van der Waals surface area contributed by atoms with Crippen LogP contribution in [0.2, 0.25) is 10.0 Å². The number of nitrogens with zero attached hydrogens (tertiary/aromatic N) is 1. The minimum Gasteiger partial charge on any atom is -0.506 e. The first-order valence-electron chi connectivity index (χ1n) is 10.7. The van der Waals surface area contributed by atoms with Gasteiger partial charge in [0.25, 0.3) is 0 Å². The van der Waals surface area contributed by atoms with Gasteiger partial charge in [-0.1, -0.05) is 63.9 Å². The van der Waals surface area contributed by atoms with Crippen LogP contribution in [0.5, 0.6) is 11.5 Å². The number of amides is 1. The Balaban J connectivity index is 1.94. The molecule has 0 atom stereocenters. The Labute approximate surface area is 231 Å². The molecule has 1 aliphatic rings. The zero-order chi connectivity index (χ0) is 26.4. The van der Waals surface area contributed by atoms with Gasteiger partial charge in [0, 0.05) is 26.5 Å². The van der Waals surface area contributed by atoms with Crippen LogP contribution in [0, 0.1) is 0 Å². The van der Waals surface area contributed by atoms with Gasteiger partial charge in [-0.3, -0.25) is 4.79 Å². The van der Waals surface area contributed by atoms with Crippen LogP contribution in [-0.4, -0.2) is 35.7 Å². The number of methoxy groups -OCH3 is 1. The third-order valence-electron chi connectivity index (χ3n) is 4.87. The first kappa shape index (κ1) is 28.1. The van der Waals surface area contributed by atoms with E-state index in [2.05, 4.69) is 20.9 Å². The summed E-state index contributed by atoms with van der Waals surface area (Å²) < 4.78 is 17.1. The lowest BCUT2D eigenvalue weighted by atomic mass is 10.1. The SMILES string of the molecule is CCOC(=O)C1=C(O)/C(=C/c2cc(OC)c(OCc3ccc(Cl)cc3Cl)cc2Br)SC1=NC(=O)CC. The summed E-state index contributed by atoms with van der Waals surface area (Å²) in [4.78, 5) is 28.6. The highest BCUT2D eigenvalue weighted by Gasteiger charge is 2.34. The van der Waals surface area contributed by atoms with E-state index in [1.54, 1.807) is 50.3 Å². The molecule has 1 aliphatic heterocycles. The van der Waals surface area contributed by atoms with Crippen LogP contribution in [0.3, 0.4) is 0 Å². The van der Waals surface area contributed by atoms with E-state index in [0.29, 0.717) is 36.5 Å². The lowest BCUT2D eigenvalue weighted by Crippen LogP contribution is -2.14. The van der Waals surface area contributed by atoms with E-state index in [4.69, 9.17) is 37.4 Å². The Bertz CT molecular complexity index is 1290. The molecule has 0 radical (unpaired) electrons. The van der Waals surface area contributed by atoms with Crippen molar-refractivity contribution >= 4 is 73.9 Å². The van der Waals surface area contributed by atoms with Gasteiger partial charge in [0.05, 0.1) is 18.6 Å². The van der Waals surface area contributed by atoms with Crippen LogP contribution in [-0.2, 0) is 20.9 Å². The zero-order valence-corrected chi connectivity index (χ0v) is 23.5. The van der Waals surface area contributed by atoms with Gasteiger partial charge in [-0.2, -0.15) is 0 Å². The molecule has 7 nitrogen and oxygen atoms in total. The molecule has 1 heterocycles. The van der Waals surface area contributed by atoms with Crippen molar-refractivity contribution in [3.8, 4) is 11.5 Å². The van der Waals surface area contributed by atoms with Crippen molar-refractivity contribution in [1.29, 1.82) is 0 Å². The van der Waals surface area contributed by atoms with Crippen LogP contribution in [0.1, 0.15) is 31.4 Å². The van der Waals surface area contributed by atoms with Gasteiger partial charge in [0.2, 0.25) is 5.91 Å². The number of hydrogen-bond acceptors (Lipinski definition) is 7. The summed E-state index contributed by atoms with van der Waals surface area (Å²) >= 11 is 16.7. The molecule has 2 aromatic carbocycles. The molecule has 0 unspecified atom stereocenters. The van der Waals surface area contributed by atoms with Crippen molar-refractivity contribution in [2.24, 2.45) is 4.99 Å². The van der Waals surface area contributed by atoms with E-state index in [1.807, 2.05) is 0 Å². The average molecular weight is 615 g/mol. The van der Waals surface area contributed by atoms with Crippen LogP contribution in [0.15, 0.2) is 56.0 Å². The number of aliphatic imine (C=N–C) groups is 1. The number of rotatable bonds is 8. The Morgan fingerprint density at radius 3 is 2.56 bits per heavy atom. The predicted molar refractivity (Wildman–Crippen MR) is 146 cm³/mol. The van der Waals surface area contributed by atoms with E-state index < -0.39 is 11.9 Å². The molecule has 36 heavy (non-hydrogen) atoms. The molecule has 0 saturated carbocycles. The molecule has 3 rings (SSSR count). The maximum Gasteiger partial charge on any atom is 0.344 e. The fraction of sp³-hybridized carbons (Fsp3) is 0.240. The van der Waals surface area contributed by atoms with Crippen molar-refractivity contribution < 1.29 is 28.9 Å². The number of esters is 1. The molecule has 190 valence electrons. The van der Waals surface area contributed by atoms with Gasteiger partial charge < -0.3 is 19.3 Å². The third-order valence-corrected chi connectivity index (χ3v) is 7.16. The Morgan fingerprint density at radius 2 is 1.92 bits per heavy atom. The molecule has 1 N–H and O–H groups in total. The Kier molecular flexibility index (Phi) is 9.90. The van der Waals surface area contributed by atoms with Crippen molar-refractivity contribution in [3.63, 3.8) is 0 Å². The van der Waals surface area contributed by atoms with E-state index in [1.165, 1.54) is 7.11 Å². The van der Waals surface area contributed by atoms with E-state index in [-0.39, 0.29) is 36.0 Å². The first-order chi connectivity index (χ1) is 17.2. The summed E-state index contributed by atoms with van der Waals surface area (Å²) in [6.45, 7) is 3.60. The number of benzene rings is 2. The molecule has 2 aromatic rings. The number of aliphatic hydroxyl groups excluding tert-OH is 1. The minimum atomic E-state index is -0.755. The molecule has 0 aliphatic carbocycles. The minimum absolute atomic E-state index is 0.0898. The summed E-state index contributed by atoms with van der Waals surface area (Å²) in [6.07, 6.45) is 1.80. The second-order valence-corrected chi connectivity index (χ2v) is 10.00. The van der Waals surface area contributed by atoms with E-state index in [9.17, 15) is 14.7 Å². The normalized spacial score (nSPS) is 15.5. The van der Waals surface area contributed by atoms with Crippen LogP contribution >= 0.6 is 50.9 Å². The van der Waals surface area contributed by atoms with Crippen LogP contribution in [0.4, 0.5) is 0 Å². The zero-order valence-electron chi connectivity index (χ0n) is 19.6. The molecular formula is C25H22BrCl2NO6S. The lowest BCUT2D eigenvalue weighted by molar-refractivity contribution is -0.138. The second-order valence-electron chi connectivity index (χ2n) is 7.27. The third kappa shape index (κ3) is 6.64. The van der Waals surface area contributed by atoms with Crippen LogP contribution in [0.25, 0.3) is 6.08 Å². The first-order valence-corrected chi connectivity index (χ1v) is 13.1. The molecule has 0 spiro atoms. The largest absolute Gasteiger partial charge is 0.506 e. The van der Waals surface area contributed by atoms with E-state index >= 15 is 0 Å². The molecule has 0 aromatic heterocycles. The van der Waals surface area contributed by atoms with Crippen molar-refractivity contribution in [3.05, 3.63) is 72.2 Å². The van der Waals surface area contributed by atoms with Gasteiger partial charge in [0.1, 0.15) is 23.0 Å². The number of aliphatic hydroxyl groups is 1. The summed E-state index contributed by atoms with van der Waals surface area (Å²) in [6, 6.07) is 8.57. The molecule has 11 heteroatoms.